The predicted octanol–water partition coefficient (Wildman–Crippen LogP) is 3.20. The van der Waals surface area contributed by atoms with Crippen molar-refractivity contribution in [1.29, 1.82) is 0 Å². The van der Waals surface area contributed by atoms with E-state index in [-0.39, 0.29) is 28.7 Å². The van der Waals surface area contributed by atoms with Gasteiger partial charge in [-0.15, -0.1) is 0 Å². The first-order valence-electron chi connectivity index (χ1n) is 8.63. The standard InChI is InChI=1S/C14H12ClFN2O2.C3H9NO2.C2H6/c1-8-3-4-12(11(16)5-8)17-13-9(7-19)6-10(15)14(20)18(13)2;1-4-6-3-2-5;1-2/h3-7,17H,1-2H3;4-5H,2-3H2,1H3;1-2H3. The Hall–Kier alpha value is -2.26. The van der Waals surface area contributed by atoms with Gasteiger partial charge >= 0.3 is 0 Å². The number of carbonyl (C=O) groups excluding carboxylic acids is 1. The number of aliphatic hydroxyl groups excluding tert-OH is 1. The van der Waals surface area contributed by atoms with Crippen LogP contribution in [0.25, 0.3) is 0 Å². The monoisotopic (exact) mass is 415 g/mol. The Morgan fingerprint density at radius 2 is 1.96 bits per heavy atom. The number of hydrogen-bond acceptors (Lipinski definition) is 6. The zero-order valence-electron chi connectivity index (χ0n) is 16.7. The fraction of sp³-hybridized carbons (Fsp3) is 0.368. The molecule has 1 aromatic carbocycles. The molecule has 7 nitrogen and oxygen atoms in total. The molecule has 0 aliphatic heterocycles. The minimum absolute atomic E-state index is 0.0653. The molecule has 2 rings (SSSR count). The number of aliphatic hydroxyl groups is 1. The van der Waals surface area contributed by atoms with Gasteiger partial charge in [0.15, 0.2) is 6.29 Å². The molecule has 0 saturated heterocycles. The quantitative estimate of drug-likeness (QED) is 0.381. The lowest BCUT2D eigenvalue weighted by Crippen LogP contribution is -2.21. The molecule has 156 valence electrons. The second-order valence-electron chi connectivity index (χ2n) is 5.16. The highest BCUT2D eigenvalue weighted by molar-refractivity contribution is 6.30. The topological polar surface area (TPSA) is 92.6 Å². The first kappa shape index (κ1) is 25.7. The lowest BCUT2D eigenvalue weighted by Gasteiger charge is -2.14. The number of hydroxylamine groups is 1. The highest BCUT2D eigenvalue weighted by Gasteiger charge is 2.13. The molecule has 0 spiro atoms. The summed E-state index contributed by atoms with van der Waals surface area (Å²) in [6, 6.07) is 5.88. The van der Waals surface area contributed by atoms with E-state index >= 15 is 0 Å². The minimum atomic E-state index is -0.468. The van der Waals surface area contributed by atoms with Crippen LogP contribution in [0.15, 0.2) is 29.1 Å². The van der Waals surface area contributed by atoms with E-state index in [0.29, 0.717) is 12.9 Å². The Balaban J connectivity index is 0.000000780. The molecule has 0 saturated carbocycles. The van der Waals surface area contributed by atoms with Gasteiger partial charge in [-0.05, 0) is 30.7 Å². The number of aldehydes is 1. The molecular formula is C19H27ClFN3O4. The van der Waals surface area contributed by atoms with Crippen molar-refractivity contribution in [2.24, 2.45) is 7.05 Å². The number of anilines is 2. The van der Waals surface area contributed by atoms with E-state index in [1.165, 1.54) is 23.7 Å². The van der Waals surface area contributed by atoms with Crippen molar-refractivity contribution >= 4 is 29.4 Å². The fourth-order valence-corrected chi connectivity index (χ4v) is 2.21. The summed E-state index contributed by atoms with van der Waals surface area (Å²) >= 11 is 5.73. The predicted molar refractivity (Wildman–Crippen MR) is 110 cm³/mol. The van der Waals surface area contributed by atoms with Gasteiger partial charge in [-0.25, -0.2) is 9.87 Å². The molecule has 0 radical (unpaired) electrons. The van der Waals surface area contributed by atoms with Crippen molar-refractivity contribution in [3.05, 3.63) is 56.6 Å². The molecule has 1 aromatic heterocycles. The van der Waals surface area contributed by atoms with E-state index in [4.69, 9.17) is 16.7 Å². The summed E-state index contributed by atoms with van der Waals surface area (Å²) in [4.78, 5) is 27.3. The third kappa shape index (κ3) is 7.77. The van der Waals surface area contributed by atoms with E-state index in [1.807, 2.05) is 13.8 Å². The third-order valence-corrected chi connectivity index (χ3v) is 3.51. The first-order chi connectivity index (χ1) is 13.3. The Morgan fingerprint density at radius 1 is 1.32 bits per heavy atom. The SMILES string of the molecule is CC.CNOCCO.Cc1ccc(Nc2c(C=O)cc(Cl)c(=O)n2C)c(F)c1. The molecule has 0 atom stereocenters. The van der Waals surface area contributed by atoms with Crippen LogP contribution in [-0.4, -0.2) is 36.2 Å². The number of aromatic nitrogens is 1. The Labute approximate surface area is 169 Å². The van der Waals surface area contributed by atoms with Crippen LogP contribution in [-0.2, 0) is 11.9 Å². The molecule has 3 N–H and O–H groups in total. The number of nitrogens with zero attached hydrogens (tertiary/aromatic N) is 1. The molecule has 0 unspecified atom stereocenters. The van der Waals surface area contributed by atoms with Crippen molar-refractivity contribution in [2.45, 2.75) is 20.8 Å². The van der Waals surface area contributed by atoms with Crippen LogP contribution in [0.5, 0.6) is 0 Å². The van der Waals surface area contributed by atoms with Crippen LogP contribution in [0, 0.1) is 12.7 Å². The Bertz CT molecular complexity index is 808. The maximum absolute atomic E-state index is 13.8. The van der Waals surface area contributed by atoms with Crippen molar-refractivity contribution in [3.63, 3.8) is 0 Å². The largest absolute Gasteiger partial charge is 0.394 e. The molecular weight excluding hydrogens is 389 g/mol. The highest BCUT2D eigenvalue weighted by Crippen LogP contribution is 2.23. The average Bonchev–Trinajstić information content (AvgIpc) is 2.70. The first-order valence-corrected chi connectivity index (χ1v) is 9.00. The Kier molecular flexibility index (Phi) is 12.7. The molecule has 0 fully saturated rings. The van der Waals surface area contributed by atoms with E-state index in [9.17, 15) is 14.0 Å². The molecule has 0 aliphatic rings. The van der Waals surface area contributed by atoms with E-state index < -0.39 is 11.4 Å². The highest BCUT2D eigenvalue weighted by atomic mass is 35.5. The summed E-state index contributed by atoms with van der Waals surface area (Å²) in [5.41, 5.74) is 3.07. The van der Waals surface area contributed by atoms with Crippen molar-refractivity contribution in [2.75, 3.05) is 25.6 Å². The summed E-state index contributed by atoms with van der Waals surface area (Å²) < 4.78 is 15.0. The molecule has 9 heteroatoms. The van der Waals surface area contributed by atoms with E-state index in [2.05, 4.69) is 15.6 Å². The van der Waals surface area contributed by atoms with Crippen LogP contribution in [0.2, 0.25) is 5.02 Å². The van der Waals surface area contributed by atoms with Gasteiger partial charge < -0.3 is 10.4 Å². The maximum atomic E-state index is 13.8. The number of aryl methyl sites for hydroxylation is 1. The summed E-state index contributed by atoms with van der Waals surface area (Å²) in [5, 5.41) is 10.7. The maximum Gasteiger partial charge on any atom is 0.270 e. The van der Waals surface area contributed by atoms with E-state index in [0.717, 1.165) is 5.56 Å². The summed E-state index contributed by atoms with van der Waals surface area (Å²) in [7, 11) is 3.10. The molecule has 2 aromatic rings. The second-order valence-corrected chi connectivity index (χ2v) is 5.57. The van der Waals surface area contributed by atoms with Crippen LogP contribution >= 0.6 is 11.6 Å². The minimum Gasteiger partial charge on any atom is -0.394 e. The van der Waals surface area contributed by atoms with Crippen molar-refractivity contribution in [3.8, 4) is 0 Å². The van der Waals surface area contributed by atoms with Gasteiger partial charge in [-0.3, -0.25) is 19.0 Å². The van der Waals surface area contributed by atoms with Gasteiger partial charge in [0.05, 0.1) is 24.5 Å². The number of benzene rings is 1. The van der Waals surface area contributed by atoms with Crippen LogP contribution < -0.4 is 16.4 Å². The Morgan fingerprint density at radius 3 is 2.43 bits per heavy atom. The number of rotatable bonds is 6. The summed E-state index contributed by atoms with van der Waals surface area (Å²) in [5.74, 6) is -0.276. The van der Waals surface area contributed by atoms with Gasteiger partial charge in [0, 0.05) is 14.1 Å². The van der Waals surface area contributed by atoms with Gasteiger partial charge in [0.25, 0.3) is 5.56 Å². The number of hydrogen-bond donors (Lipinski definition) is 3. The number of nitrogens with one attached hydrogen (secondary N) is 2. The lowest BCUT2D eigenvalue weighted by atomic mass is 10.2. The fourth-order valence-electron chi connectivity index (χ4n) is 1.96. The molecule has 1 heterocycles. The van der Waals surface area contributed by atoms with Crippen molar-refractivity contribution < 1.29 is 19.1 Å². The normalized spacial score (nSPS) is 9.57. The molecule has 0 aliphatic carbocycles. The number of carbonyl (C=O) groups is 1. The van der Waals surface area contributed by atoms with Gasteiger partial charge in [-0.1, -0.05) is 31.5 Å². The average molecular weight is 416 g/mol. The van der Waals surface area contributed by atoms with Crippen LogP contribution in [0.4, 0.5) is 15.9 Å². The zero-order valence-corrected chi connectivity index (χ0v) is 17.4. The number of halogens is 2. The van der Waals surface area contributed by atoms with Gasteiger partial charge in [0.2, 0.25) is 0 Å². The van der Waals surface area contributed by atoms with Gasteiger partial charge in [0.1, 0.15) is 16.7 Å². The number of pyridine rings is 1. The summed E-state index contributed by atoms with van der Waals surface area (Å²) in [6.07, 6.45) is 0.555. The third-order valence-electron chi connectivity index (χ3n) is 3.24. The second kappa shape index (κ2) is 13.8. The molecule has 28 heavy (non-hydrogen) atoms. The van der Waals surface area contributed by atoms with Crippen LogP contribution in [0.3, 0.4) is 0 Å². The molecule has 0 bridgehead atoms. The van der Waals surface area contributed by atoms with Gasteiger partial charge in [-0.2, -0.15) is 0 Å². The molecule has 0 amide bonds. The lowest BCUT2D eigenvalue weighted by molar-refractivity contribution is 0.0314. The van der Waals surface area contributed by atoms with Crippen LogP contribution in [0.1, 0.15) is 29.8 Å². The smallest absolute Gasteiger partial charge is 0.270 e. The summed E-state index contributed by atoms with van der Waals surface area (Å²) in [6.45, 7) is 6.19. The van der Waals surface area contributed by atoms with Crippen molar-refractivity contribution in [1.82, 2.24) is 10.0 Å². The zero-order chi connectivity index (χ0) is 21.7. The van der Waals surface area contributed by atoms with E-state index in [1.54, 1.807) is 26.1 Å².